The van der Waals surface area contributed by atoms with E-state index in [4.69, 9.17) is 23.2 Å². The molecule has 7 heteroatoms. The highest BCUT2D eigenvalue weighted by Crippen LogP contribution is 2.29. The molecule has 0 spiro atoms. The first kappa shape index (κ1) is 17.6. The van der Waals surface area contributed by atoms with Gasteiger partial charge in [0.05, 0.1) is 21.2 Å². The zero-order valence-electron chi connectivity index (χ0n) is 11.8. The van der Waals surface area contributed by atoms with E-state index in [0.29, 0.717) is 5.56 Å². The van der Waals surface area contributed by atoms with Crippen LogP contribution in [0.4, 0.5) is 13.2 Å². The maximum Gasteiger partial charge on any atom is 0.416 e. The van der Waals surface area contributed by atoms with Crippen LogP contribution in [0.5, 0.6) is 0 Å². The lowest BCUT2D eigenvalue weighted by Gasteiger charge is -2.10. The Labute approximate surface area is 141 Å². The van der Waals surface area contributed by atoms with Gasteiger partial charge in [-0.15, -0.1) is 0 Å². The van der Waals surface area contributed by atoms with E-state index in [0.717, 1.165) is 12.1 Å². The Bertz CT molecular complexity index is 696. The molecule has 0 heterocycles. The number of benzene rings is 2. The Balaban J connectivity index is 1.99. The molecule has 0 aliphatic rings. The summed E-state index contributed by atoms with van der Waals surface area (Å²) < 4.78 is 37.9. The summed E-state index contributed by atoms with van der Waals surface area (Å²) in [7, 11) is 0. The summed E-state index contributed by atoms with van der Waals surface area (Å²) in [5.74, 6) is -0.465. The van der Waals surface area contributed by atoms with Gasteiger partial charge in [0, 0.05) is 6.54 Å². The fraction of sp³-hybridized carbons (Fsp3) is 0.188. The Kier molecular flexibility index (Phi) is 5.55. The maximum absolute atomic E-state index is 12.6. The smallest absolute Gasteiger partial charge is 0.352 e. The van der Waals surface area contributed by atoms with E-state index in [9.17, 15) is 18.0 Å². The van der Waals surface area contributed by atoms with Crippen LogP contribution < -0.4 is 5.32 Å². The number of hydrogen-bond acceptors (Lipinski definition) is 1. The van der Waals surface area contributed by atoms with Crippen molar-refractivity contribution >= 4 is 29.1 Å². The lowest BCUT2D eigenvalue weighted by molar-refractivity contribution is -0.137. The molecular formula is C16H12Cl2F3NO. The van der Waals surface area contributed by atoms with Crippen molar-refractivity contribution in [1.29, 1.82) is 0 Å². The van der Waals surface area contributed by atoms with Gasteiger partial charge >= 0.3 is 6.18 Å². The zero-order valence-corrected chi connectivity index (χ0v) is 13.3. The number of carbonyl (C=O) groups is 1. The van der Waals surface area contributed by atoms with E-state index >= 15 is 0 Å². The first-order valence-electron chi connectivity index (χ1n) is 6.67. The molecule has 0 unspecified atom stereocenters. The molecule has 2 nitrogen and oxygen atoms in total. The lowest BCUT2D eigenvalue weighted by atomic mass is 10.1. The van der Waals surface area contributed by atoms with Crippen molar-refractivity contribution in [2.45, 2.75) is 12.6 Å². The van der Waals surface area contributed by atoms with Gasteiger partial charge in [-0.3, -0.25) is 4.79 Å². The van der Waals surface area contributed by atoms with E-state index in [1.165, 1.54) is 18.2 Å². The van der Waals surface area contributed by atoms with Crippen molar-refractivity contribution in [2.24, 2.45) is 0 Å². The van der Waals surface area contributed by atoms with Crippen molar-refractivity contribution in [1.82, 2.24) is 5.32 Å². The molecule has 0 aliphatic carbocycles. The van der Waals surface area contributed by atoms with Crippen LogP contribution in [-0.4, -0.2) is 12.5 Å². The third-order valence-electron chi connectivity index (χ3n) is 3.14. The van der Waals surface area contributed by atoms with Crippen LogP contribution in [0.25, 0.3) is 0 Å². The largest absolute Gasteiger partial charge is 0.416 e. The van der Waals surface area contributed by atoms with Gasteiger partial charge in [0.1, 0.15) is 0 Å². The summed E-state index contributed by atoms with van der Waals surface area (Å²) in [5, 5.41) is 3.03. The molecule has 23 heavy (non-hydrogen) atoms. The molecule has 0 aromatic heterocycles. The SMILES string of the molecule is O=C(NCCc1cccc(C(F)(F)F)c1)c1c(Cl)cccc1Cl. The van der Waals surface area contributed by atoms with Gasteiger partial charge in [0.15, 0.2) is 0 Å². The number of amides is 1. The lowest BCUT2D eigenvalue weighted by Crippen LogP contribution is -2.26. The number of nitrogens with one attached hydrogen (secondary N) is 1. The van der Waals surface area contributed by atoms with E-state index in [1.807, 2.05) is 0 Å². The molecular weight excluding hydrogens is 350 g/mol. The van der Waals surface area contributed by atoms with Crippen LogP contribution in [0.3, 0.4) is 0 Å². The monoisotopic (exact) mass is 361 g/mol. The van der Waals surface area contributed by atoms with Crippen LogP contribution >= 0.6 is 23.2 Å². The number of alkyl halides is 3. The van der Waals surface area contributed by atoms with Crippen LogP contribution in [0.2, 0.25) is 10.0 Å². The van der Waals surface area contributed by atoms with Gasteiger partial charge in [0.2, 0.25) is 0 Å². The molecule has 0 bridgehead atoms. The summed E-state index contributed by atoms with van der Waals surface area (Å²) >= 11 is 11.8. The van der Waals surface area contributed by atoms with Gasteiger partial charge in [-0.1, -0.05) is 47.5 Å². The first-order chi connectivity index (χ1) is 10.8. The second kappa shape index (κ2) is 7.23. The molecule has 0 saturated heterocycles. The molecule has 0 radical (unpaired) electrons. The Morgan fingerprint density at radius 1 is 1.04 bits per heavy atom. The molecule has 1 N–H and O–H groups in total. The van der Waals surface area contributed by atoms with Gasteiger partial charge in [-0.25, -0.2) is 0 Å². The first-order valence-corrected chi connectivity index (χ1v) is 7.43. The number of hydrogen-bond donors (Lipinski definition) is 1. The Hall–Kier alpha value is -1.72. The van der Waals surface area contributed by atoms with Crippen molar-refractivity contribution < 1.29 is 18.0 Å². The zero-order chi connectivity index (χ0) is 17.0. The number of halogens is 5. The Morgan fingerprint density at radius 2 is 1.65 bits per heavy atom. The third-order valence-corrected chi connectivity index (χ3v) is 3.77. The normalized spacial score (nSPS) is 11.3. The van der Waals surface area contributed by atoms with E-state index in [1.54, 1.807) is 12.1 Å². The minimum Gasteiger partial charge on any atom is -0.352 e. The summed E-state index contributed by atoms with van der Waals surface area (Å²) in [5.41, 5.74) is -0.0827. The Morgan fingerprint density at radius 3 is 2.26 bits per heavy atom. The number of rotatable bonds is 4. The summed E-state index contributed by atoms with van der Waals surface area (Å²) in [4.78, 5) is 12.0. The summed E-state index contributed by atoms with van der Waals surface area (Å²) in [6.45, 7) is 0.168. The minimum atomic E-state index is -4.38. The van der Waals surface area contributed by atoms with E-state index in [2.05, 4.69) is 5.32 Å². The van der Waals surface area contributed by atoms with Crippen LogP contribution in [0.15, 0.2) is 42.5 Å². The topological polar surface area (TPSA) is 29.1 Å². The second-order valence-corrected chi connectivity index (χ2v) is 5.62. The molecule has 2 aromatic carbocycles. The van der Waals surface area contributed by atoms with Crippen molar-refractivity contribution in [3.05, 3.63) is 69.2 Å². The fourth-order valence-electron chi connectivity index (χ4n) is 2.03. The molecule has 0 atom stereocenters. The van der Waals surface area contributed by atoms with Gasteiger partial charge in [0.25, 0.3) is 5.91 Å². The summed E-state index contributed by atoms with van der Waals surface area (Å²) in [6.07, 6.45) is -4.12. The van der Waals surface area contributed by atoms with Gasteiger partial charge in [-0.05, 0) is 30.2 Å². The predicted octanol–water partition coefficient (Wildman–Crippen LogP) is 4.98. The van der Waals surface area contributed by atoms with Gasteiger partial charge in [-0.2, -0.15) is 13.2 Å². The van der Waals surface area contributed by atoms with Crippen LogP contribution in [0.1, 0.15) is 21.5 Å². The third kappa shape index (κ3) is 4.62. The highest BCUT2D eigenvalue weighted by molar-refractivity contribution is 6.39. The standard InChI is InChI=1S/C16H12Cl2F3NO/c17-12-5-2-6-13(18)14(12)15(23)22-8-7-10-3-1-4-11(9-10)16(19,20)21/h1-6,9H,7-8H2,(H,22,23). The van der Waals surface area contributed by atoms with Gasteiger partial charge < -0.3 is 5.32 Å². The fourth-order valence-corrected chi connectivity index (χ4v) is 2.60. The molecule has 1 amide bonds. The molecule has 0 fully saturated rings. The highest BCUT2D eigenvalue weighted by atomic mass is 35.5. The van der Waals surface area contributed by atoms with Crippen molar-refractivity contribution in [3.8, 4) is 0 Å². The average molecular weight is 362 g/mol. The number of carbonyl (C=O) groups excluding carboxylic acids is 1. The molecule has 0 aliphatic heterocycles. The van der Waals surface area contributed by atoms with E-state index in [-0.39, 0.29) is 28.6 Å². The molecule has 2 aromatic rings. The minimum absolute atomic E-state index is 0.153. The molecule has 2 rings (SSSR count). The van der Waals surface area contributed by atoms with Crippen LogP contribution in [-0.2, 0) is 12.6 Å². The highest BCUT2D eigenvalue weighted by Gasteiger charge is 2.30. The summed E-state index contributed by atoms with van der Waals surface area (Å²) in [6, 6.07) is 9.67. The van der Waals surface area contributed by atoms with Crippen LogP contribution in [0, 0.1) is 0 Å². The molecule has 0 saturated carbocycles. The quantitative estimate of drug-likeness (QED) is 0.816. The average Bonchev–Trinajstić information content (AvgIpc) is 2.46. The molecule has 122 valence electrons. The predicted molar refractivity (Wildman–Crippen MR) is 83.9 cm³/mol. The van der Waals surface area contributed by atoms with E-state index < -0.39 is 17.6 Å². The second-order valence-electron chi connectivity index (χ2n) is 4.80. The van der Waals surface area contributed by atoms with Crippen molar-refractivity contribution in [3.63, 3.8) is 0 Å². The maximum atomic E-state index is 12.6. The van der Waals surface area contributed by atoms with Crippen molar-refractivity contribution in [2.75, 3.05) is 6.54 Å².